The van der Waals surface area contributed by atoms with E-state index < -0.39 is 5.41 Å². The first kappa shape index (κ1) is 54.0. The summed E-state index contributed by atoms with van der Waals surface area (Å²) >= 11 is 1.86. The van der Waals surface area contributed by atoms with Crippen molar-refractivity contribution < 1.29 is 4.74 Å². The Balaban J connectivity index is 0.945. The van der Waals surface area contributed by atoms with E-state index in [1.807, 2.05) is 18.0 Å². The highest BCUT2D eigenvalue weighted by Gasteiger charge is 2.50. The molecule has 2 aromatic heterocycles. The van der Waals surface area contributed by atoms with Gasteiger partial charge in [0.2, 0.25) is 0 Å². The SMILES string of the molecule is CN(c1ccccc1Nc1cccc(Oc2cc3c4c5c(cccc5n(-c5cc(C(C)(C)C)ccn5)c4c2)C32c3ccccc3Sc3ccccc32)c1)c1c(-c2ccccc2)cc(C(C)(C)C)cc1-c1cc(C(C)(C)C)cc(C(C)(C)C)c1. The Bertz CT molecular complexity index is 4290. The maximum absolute atomic E-state index is 7.26. The Labute approximate surface area is 495 Å². The van der Waals surface area contributed by atoms with Crippen molar-refractivity contribution in [1.29, 1.82) is 0 Å². The lowest BCUT2D eigenvalue weighted by molar-refractivity contribution is 0.482. The van der Waals surface area contributed by atoms with Crippen LogP contribution in [-0.2, 0) is 27.1 Å². The molecule has 0 amide bonds. The fourth-order valence-electron chi connectivity index (χ4n) is 12.9. The van der Waals surface area contributed by atoms with E-state index in [-0.39, 0.29) is 21.7 Å². The summed E-state index contributed by atoms with van der Waals surface area (Å²) in [6, 6.07) is 74.0. The van der Waals surface area contributed by atoms with E-state index in [9.17, 15) is 0 Å². The zero-order valence-corrected chi connectivity index (χ0v) is 51.1. The first-order valence-electron chi connectivity index (χ1n) is 29.3. The minimum atomic E-state index is -0.573. The fourth-order valence-corrected chi connectivity index (χ4v) is 14.0. The minimum Gasteiger partial charge on any atom is -0.457 e. The van der Waals surface area contributed by atoms with Gasteiger partial charge < -0.3 is 15.0 Å². The van der Waals surface area contributed by atoms with E-state index in [1.54, 1.807) is 0 Å². The Morgan fingerprint density at radius 2 is 1.02 bits per heavy atom. The summed E-state index contributed by atoms with van der Waals surface area (Å²) in [5, 5.41) is 6.41. The summed E-state index contributed by atoms with van der Waals surface area (Å²) in [7, 11) is 2.23. The van der Waals surface area contributed by atoms with Gasteiger partial charge in [-0.2, -0.15) is 0 Å². The molecule has 414 valence electrons. The molecule has 0 bridgehead atoms. The van der Waals surface area contributed by atoms with E-state index in [2.05, 4.69) is 305 Å². The van der Waals surface area contributed by atoms with Gasteiger partial charge in [0.05, 0.1) is 33.5 Å². The molecular weight excluding hydrogens is 1030 g/mol. The zero-order chi connectivity index (χ0) is 58.0. The summed E-state index contributed by atoms with van der Waals surface area (Å²) in [5.74, 6) is 2.38. The number of nitrogens with one attached hydrogen (secondary N) is 1. The summed E-state index contributed by atoms with van der Waals surface area (Å²) in [6.07, 6.45) is 1.96. The molecule has 1 aliphatic carbocycles. The quantitative estimate of drug-likeness (QED) is 0.156. The van der Waals surface area contributed by atoms with Gasteiger partial charge in [-0.15, -0.1) is 0 Å². The predicted octanol–water partition coefficient (Wildman–Crippen LogP) is 21.2. The van der Waals surface area contributed by atoms with E-state index in [0.29, 0.717) is 0 Å². The van der Waals surface area contributed by atoms with Crippen LogP contribution < -0.4 is 15.0 Å². The molecule has 1 spiro atoms. The highest BCUT2D eigenvalue weighted by Crippen LogP contribution is 2.63. The van der Waals surface area contributed by atoms with Gasteiger partial charge in [-0.3, -0.25) is 4.57 Å². The number of hydrogen-bond acceptors (Lipinski definition) is 5. The van der Waals surface area contributed by atoms with Crippen molar-refractivity contribution in [2.24, 2.45) is 0 Å². The molecule has 0 saturated heterocycles. The molecule has 9 aromatic carbocycles. The van der Waals surface area contributed by atoms with Crippen LogP contribution in [0.3, 0.4) is 0 Å². The number of anilines is 4. The third-order valence-electron chi connectivity index (χ3n) is 17.3. The lowest BCUT2D eigenvalue weighted by atomic mass is 9.67. The van der Waals surface area contributed by atoms with Crippen LogP contribution in [-0.4, -0.2) is 16.6 Å². The van der Waals surface area contributed by atoms with E-state index in [4.69, 9.17) is 9.72 Å². The highest BCUT2D eigenvalue weighted by molar-refractivity contribution is 7.99. The van der Waals surface area contributed by atoms with Crippen LogP contribution in [0.1, 0.15) is 128 Å². The number of para-hydroxylation sites is 2. The fraction of sp³-hybridized carbons (Fsp3) is 0.234. The Morgan fingerprint density at radius 1 is 0.458 bits per heavy atom. The number of hydrogen-bond donors (Lipinski definition) is 1. The van der Waals surface area contributed by atoms with Crippen molar-refractivity contribution in [2.75, 3.05) is 17.3 Å². The first-order chi connectivity index (χ1) is 39.6. The first-order valence-corrected chi connectivity index (χ1v) is 30.1. The van der Waals surface area contributed by atoms with E-state index >= 15 is 0 Å². The molecule has 0 fully saturated rings. The number of aromatic nitrogens is 2. The Hall–Kier alpha value is -8.32. The Kier molecular flexibility index (Phi) is 12.8. The van der Waals surface area contributed by atoms with Gasteiger partial charge in [-0.25, -0.2) is 4.98 Å². The average molecular weight is 1100 g/mol. The van der Waals surface area contributed by atoms with Crippen molar-refractivity contribution in [3.8, 4) is 39.6 Å². The summed E-state index contributed by atoms with van der Waals surface area (Å²) in [6.45, 7) is 27.7. The summed E-state index contributed by atoms with van der Waals surface area (Å²) in [4.78, 5) is 10.0. The third kappa shape index (κ3) is 9.22. The molecule has 0 atom stereocenters. The van der Waals surface area contributed by atoms with Crippen LogP contribution in [0.25, 0.3) is 49.9 Å². The molecule has 1 N–H and O–H groups in total. The summed E-state index contributed by atoms with van der Waals surface area (Å²) < 4.78 is 9.63. The summed E-state index contributed by atoms with van der Waals surface area (Å²) in [5.41, 5.74) is 20.5. The molecule has 3 heterocycles. The van der Waals surface area contributed by atoms with Crippen molar-refractivity contribution in [1.82, 2.24) is 9.55 Å². The molecule has 0 radical (unpaired) electrons. The van der Waals surface area contributed by atoms with Crippen LogP contribution >= 0.6 is 11.8 Å². The normalized spacial score (nSPS) is 13.7. The van der Waals surface area contributed by atoms with Crippen LogP contribution in [0.15, 0.2) is 216 Å². The molecule has 0 saturated carbocycles. The molecule has 1 aliphatic heterocycles. The van der Waals surface area contributed by atoms with Crippen molar-refractivity contribution in [2.45, 2.75) is 120 Å². The van der Waals surface area contributed by atoms with Crippen molar-refractivity contribution >= 4 is 56.3 Å². The largest absolute Gasteiger partial charge is 0.457 e. The lowest BCUT2D eigenvalue weighted by Gasteiger charge is -2.40. The van der Waals surface area contributed by atoms with Crippen LogP contribution in [0.4, 0.5) is 22.7 Å². The van der Waals surface area contributed by atoms with E-state index in [0.717, 1.165) is 51.1 Å². The highest BCUT2D eigenvalue weighted by atomic mass is 32.2. The lowest BCUT2D eigenvalue weighted by Crippen LogP contribution is -2.32. The topological polar surface area (TPSA) is 42.3 Å². The third-order valence-corrected chi connectivity index (χ3v) is 18.5. The number of benzene rings is 9. The van der Waals surface area contributed by atoms with Crippen LogP contribution in [0, 0.1) is 0 Å². The minimum absolute atomic E-state index is 0.0558. The molecule has 83 heavy (non-hydrogen) atoms. The maximum atomic E-state index is 7.26. The second-order valence-electron chi connectivity index (χ2n) is 27.1. The van der Waals surface area contributed by atoms with Gasteiger partial charge in [0.1, 0.15) is 17.3 Å². The van der Waals surface area contributed by atoms with Gasteiger partial charge >= 0.3 is 0 Å². The van der Waals surface area contributed by atoms with Crippen LogP contribution in [0.2, 0.25) is 0 Å². The molecule has 6 heteroatoms. The molecule has 5 nitrogen and oxygen atoms in total. The van der Waals surface area contributed by atoms with Gasteiger partial charge in [-0.1, -0.05) is 210 Å². The number of pyridine rings is 1. The van der Waals surface area contributed by atoms with Gasteiger partial charge in [-0.05, 0) is 150 Å². The number of ether oxygens (including phenoxy) is 1. The van der Waals surface area contributed by atoms with Crippen LogP contribution in [0.5, 0.6) is 11.5 Å². The monoisotopic (exact) mass is 1100 g/mol. The molecule has 2 aliphatic rings. The Morgan fingerprint density at radius 3 is 1.69 bits per heavy atom. The van der Waals surface area contributed by atoms with Crippen molar-refractivity contribution in [3.05, 3.63) is 251 Å². The molecule has 11 aromatic rings. The standard InChI is InChI=1S/C77H74N4OS/c1-73(2,3)50-37-38-78-69(44-50)81-65-34-24-31-61-70(65)71-62(77(61)59-29-17-21-35-67(59)83-68-36-22-18-30-60(68)77)46-56(47-66(71)81)82-55-28-23-27-54(45-55)79-63-32-19-20-33-64(63)80(13)72-57(48-25-15-14-16-26-48)42-53(76(10,11)12)43-58(72)49-39-51(74(4,5)6)41-52(40-49)75(7,8)9/h14-47,79H,1-13H3. The number of fused-ring (bicyclic) bond motifs is 6. The van der Waals surface area contributed by atoms with Gasteiger partial charge in [0, 0.05) is 62.8 Å². The van der Waals surface area contributed by atoms with Gasteiger partial charge in [0.15, 0.2) is 0 Å². The second kappa shape index (κ2) is 19.7. The maximum Gasteiger partial charge on any atom is 0.137 e. The molecule has 0 unspecified atom stereocenters. The van der Waals surface area contributed by atoms with Gasteiger partial charge in [0.25, 0.3) is 0 Å². The average Bonchev–Trinajstić information content (AvgIpc) is 1.75. The molecule has 13 rings (SSSR count). The zero-order valence-electron chi connectivity index (χ0n) is 50.3. The number of nitrogens with zero attached hydrogens (tertiary/aromatic N) is 3. The van der Waals surface area contributed by atoms with E-state index in [1.165, 1.54) is 87.3 Å². The predicted molar refractivity (Wildman–Crippen MR) is 351 cm³/mol. The number of rotatable bonds is 9. The van der Waals surface area contributed by atoms with Crippen molar-refractivity contribution in [3.63, 3.8) is 0 Å². The second-order valence-corrected chi connectivity index (χ2v) is 28.1. The molecular formula is C77H74N4OS. The smallest absolute Gasteiger partial charge is 0.137 e.